The van der Waals surface area contributed by atoms with Crippen molar-refractivity contribution < 1.29 is 14.3 Å². The molecule has 4 aliphatic rings. The number of esters is 1. The molecule has 4 fully saturated rings. The molecule has 0 spiro atoms. The third kappa shape index (κ3) is 2.97. The average molecular weight is 390 g/mol. The van der Waals surface area contributed by atoms with Crippen LogP contribution in [0.2, 0.25) is 0 Å². The van der Waals surface area contributed by atoms with Crippen LogP contribution in [0.3, 0.4) is 0 Å². The van der Waals surface area contributed by atoms with Crippen molar-refractivity contribution >= 4 is 11.8 Å². The van der Waals surface area contributed by atoms with E-state index in [-0.39, 0.29) is 29.4 Å². The van der Waals surface area contributed by atoms with Gasteiger partial charge in [0.1, 0.15) is 11.4 Å². The van der Waals surface area contributed by atoms with Crippen LogP contribution in [0.1, 0.15) is 85.5 Å². The van der Waals surface area contributed by atoms with Crippen molar-refractivity contribution in [3.63, 3.8) is 0 Å². The molecule has 0 heterocycles. The molecular weight excluding hydrogens is 350 g/mol. The standard InChI is InChI=1S/C24H39NO3/c1-15(26)18-7-8-19-17-6-5-16-13-22(2,28-21(27)14-25)11-12-23(16,3)20(17)9-10-24(18,19)4/h16-20H,5-14,25H2,1-4H3/t16-,17-,18+,19-,20-,22+,23-,24+/m0/s1. The number of rotatable bonds is 3. The Balaban J connectivity index is 1.53. The molecular formula is C24H39NO3. The monoisotopic (exact) mass is 389 g/mol. The Morgan fingerprint density at radius 3 is 2.32 bits per heavy atom. The van der Waals surface area contributed by atoms with Crippen LogP contribution in [0.5, 0.6) is 0 Å². The largest absolute Gasteiger partial charge is 0.458 e. The van der Waals surface area contributed by atoms with Gasteiger partial charge in [-0.25, -0.2) is 0 Å². The summed E-state index contributed by atoms with van der Waals surface area (Å²) in [6.07, 6.45) is 10.4. The second kappa shape index (κ2) is 6.82. The zero-order chi connectivity index (χ0) is 20.3. The molecule has 0 radical (unpaired) electrons. The summed E-state index contributed by atoms with van der Waals surface area (Å²) < 4.78 is 5.78. The first-order valence-electron chi connectivity index (χ1n) is 11.6. The third-order valence-electron chi connectivity index (χ3n) is 9.95. The molecule has 28 heavy (non-hydrogen) atoms. The maximum Gasteiger partial charge on any atom is 0.320 e. The first-order valence-corrected chi connectivity index (χ1v) is 11.6. The van der Waals surface area contributed by atoms with Gasteiger partial charge in [0.2, 0.25) is 0 Å². The van der Waals surface area contributed by atoms with E-state index in [2.05, 4.69) is 20.8 Å². The molecule has 2 N–H and O–H groups in total. The number of hydrogen-bond acceptors (Lipinski definition) is 4. The number of Topliss-reactive ketones (excluding diaryl/α,β-unsaturated/α-hetero) is 1. The smallest absolute Gasteiger partial charge is 0.320 e. The van der Waals surface area contributed by atoms with Crippen LogP contribution in [-0.2, 0) is 14.3 Å². The van der Waals surface area contributed by atoms with Gasteiger partial charge in [-0.15, -0.1) is 0 Å². The zero-order valence-corrected chi connectivity index (χ0v) is 18.3. The molecule has 0 unspecified atom stereocenters. The number of fused-ring (bicyclic) bond motifs is 5. The maximum atomic E-state index is 12.3. The van der Waals surface area contributed by atoms with Crippen LogP contribution in [-0.4, -0.2) is 23.9 Å². The maximum absolute atomic E-state index is 12.3. The molecule has 4 rings (SSSR count). The van der Waals surface area contributed by atoms with Gasteiger partial charge in [0.15, 0.2) is 0 Å². The average Bonchev–Trinajstić information content (AvgIpc) is 2.99. The molecule has 0 aromatic heterocycles. The summed E-state index contributed by atoms with van der Waals surface area (Å²) in [4.78, 5) is 24.1. The van der Waals surface area contributed by atoms with Gasteiger partial charge in [0.05, 0.1) is 6.54 Å². The van der Waals surface area contributed by atoms with Crippen molar-refractivity contribution in [2.24, 2.45) is 46.2 Å². The Morgan fingerprint density at radius 2 is 1.64 bits per heavy atom. The Kier molecular flexibility index (Phi) is 4.96. The molecule has 0 aliphatic heterocycles. The van der Waals surface area contributed by atoms with Gasteiger partial charge in [0.25, 0.3) is 0 Å². The fourth-order valence-electron chi connectivity index (χ4n) is 8.49. The van der Waals surface area contributed by atoms with Gasteiger partial charge in [-0.1, -0.05) is 13.8 Å². The molecule has 0 bridgehead atoms. The first kappa shape index (κ1) is 20.4. The number of nitrogens with two attached hydrogens (primary N) is 1. The van der Waals surface area contributed by atoms with Gasteiger partial charge in [-0.2, -0.15) is 0 Å². The van der Waals surface area contributed by atoms with Crippen molar-refractivity contribution in [2.75, 3.05) is 6.54 Å². The predicted molar refractivity (Wildman–Crippen MR) is 109 cm³/mol. The van der Waals surface area contributed by atoms with E-state index in [1.165, 1.54) is 32.1 Å². The molecule has 4 aliphatic carbocycles. The summed E-state index contributed by atoms with van der Waals surface area (Å²) in [6.45, 7) is 8.84. The summed E-state index contributed by atoms with van der Waals surface area (Å²) in [6, 6.07) is 0. The summed E-state index contributed by atoms with van der Waals surface area (Å²) >= 11 is 0. The second-order valence-corrected chi connectivity index (χ2v) is 11.3. The SMILES string of the molecule is CC(=O)[C@H]1CC[C@H]2[C@@H]3CC[C@H]4C[C@](C)(OC(=O)CN)CC[C@]4(C)[C@H]3CC[C@]12C. The number of ether oxygens (including phenoxy) is 1. The molecule has 4 saturated carbocycles. The number of hydrogen-bond donors (Lipinski definition) is 1. The Hall–Kier alpha value is -0.900. The molecule has 4 heteroatoms. The second-order valence-electron chi connectivity index (χ2n) is 11.3. The van der Waals surface area contributed by atoms with Crippen LogP contribution >= 0.6 is 0 Å². The van der Waals surface area contributed by atoms with Crippen LogP contribution in [0, 0.1) is 40.4 Å². The zero-order valence-electron chi connectivity index (χ0n) is 18.3. The van der Waals surface area contributed by atoms with Gasteiger partial charge in [-0.3, -0.25) is 9.59 Å². The minimum absolute atomic E-state index is 0.0280. The molecule has 4 nitrogen and oxygen atoms in total. The normalized spacial score (nSPS) is 50.2. The van der Waals surface area contributed by atoms with Gasteiger partial charge >= 0.3 is 5.97 Å². The fraction of sp³-hybridized carbons (Fsp3) is 0.917. The molecule has 0 saturated heterocycles. The summed E-state index contributed by atoms with van der Waals surface area (Å²) in [5, 5.41) is 0. The minimum atomic E-state index is -0.344. The van der Waals surface area contributed by atoms with E-state index in [9.17, 15) is 9.59 Å². The van der Waals surface area contributed by atoms with Crippen molar-refractivity contribution in [2.45, 2.75) is 91.1 Å². The van der Waals surface area contributed by atoms with Gasteiger partial charge in [-0.05, 0) is 106 Å². The third-order valence-corrected chi connectivity index (χ3v) is 9.95. The highest BCUT2D eigenvalue weighted by molar-refractivity contribution is 5.79. The van der Waals surface area contributed by atoms with E-state index in [4.69, 9.17) is 10.5 Å². The van der Waals surface area contributed by atoms with Crippen molar-refractivity contribution in [3.05, 3.63) is 0 Å². The van der Waals surface area contributed by atoms with Gasteiger partial charge < -0.3 is 10.5 Å². The minimum Gasteiger partial charge on any atom is -0.458 e. The van der Waals surface area contributed by atoms with E-state index in [1.54, 1.807) is 0 Å². The van der Waals surface area contributed by atoms with E-state index >= 15 is 0 Å². The quantitative estimate of drug-likeness (QED) is 0.722. The Labute approximate surface area is 170 Å². The lowest BCUT2D eigenvalue weighted by molar-refractivity contribution is -0.179. The van der Waals surface area contributed by atoms with Crippen LogP contribution in [0.15, 0.2) is 0 Å². The van der Waals surface area contributed by atoms with E-state index in [1.807, 2.05) is 6.92 Å². The summed E-state index contributed by atoms with van der Waals surface area (Å²) in [7, 11) is 0. The van der Waals surface area contributed by atoms with E-state index < -0.39 is 0 Å². The van der Waals surface area contributed by atoms with Crippen LogP contribution in [0.25, 0.3) is 0 Å². The van der Waals surface area contributed by atoms with E-state index in [0.29, 0.717) is 17.1 Å². The molecule has 8 atom stereocenters. The Bertz CT molecular complexity index is 662. The molecule has 0 aromatic rings. The van der Waals surface area contributed by atoms with E-state index in [0.717, 1.165) is 43.4 Å². The summed E-state index contributed by atoms with van der Waals surface area (Å²) in [5.41, 5.74) is 5.73. The molecule has 0 aromatic carbocycles. The molecule has 158 valence electrons. The molecule has 0 amide bonds. The van der Waals surface area contributed by atoms with Crippen LogP contribution in [0.4, 0.5) is 0 Å². The lowest BCUT2D eigenvalue weighted by Gasteiger charge is -2.62. The van der Waals surface area contributed by atoms with Crippen molar-refractivity contribution in [1.82, 2.24) is 0 Å². The Morgan fingerprint density at radius 1 is 0.929 bits per heavy atom. The van der Waals surface area contributed by atoms with Crippen LogP contribution < -0.4 is 5.73 Å². The topological polar surface area (TPSA) is 69.4 Å². The highest BCUT2D eigenvalue weighted by Gasteiger charge is 2.61. The number of carbonyl (C=O) groups is 2. The lowest BCUT2D eigenvalue weighted by Crippen LogP contribution is -2.56. The highest BCUT2D eigenvalue weighted by Crippen LogP contribution is 2.68. The summed E-state index contributed by atoms with van der Waals surface area (Å²) in [5.74, 6) is 3.33. The van der Waals surface area contributed by atoms with Gasteiger partial charge in [0, 0.05) is 5.92 Å². The first-order chi connectivity index (χ1) is 13.1. The van der Waals surface area contributed by atoms with Crippen molar-refractivity contribution in [3.8, 4) is 0 Å². The predicted octanol–water partition coefficient (Wildman–Crippen LogP) is 4.49. The fourth-order valence-corrected chi connectivity index (χ4v) is 8.49. The number of carbonyl (C=O) groups excluding carboxylic acids is 2. The lowest BCUT2D eigenvalue weighted by atomic mass is 9.44. The highest BCUT2D eigenvalue weighted by atomic mass is 16.6. The van der Waals surface area contributed by atoms with Crippen molar-refractivity contribution in [1.29, 1.82) is 0 Å². The number of ketones is 1.